The van der Waals surface area contributed by atoms with E-state index in [2.05, 4.69) is 20.5 Å². The first-order valence-corrected chi connectivity index (χ1v) is 7.83. The fraction of sp³-hybridized carbons (Fsp3) is 0.0588. The maximum absolute atomic E-state index is 9.95. The Morgan fingerprint density at radius 3 is 2.76 bits per heavy atom. The molecule has 0 aliphatic carbocycles. The number of aromatic nitrogens is 5. The lowest BCUT2D eigenvalue weighted by Gasteiger charge is -2.13. The van der Waals surface area contributed by atoms with Gasteiger partial charge in [0.25, 0.3) is 0 Å². The molecule has 3 N–H and O–H groups in total. The smallest absolute Gasteiger partial charge is 0.320 e. The zero-order valence-corrected chi connectivity index (χ0v) is 13.5. The van der Waals surface area contributed by atoms with Crippen LogP contribution in [0.15, 0.2) is 55.0 Å². The molecule has 0 unspecified atom stereocenters. The largest absolute Gasteiger partial charge is 0.447 e. The second-order valence-corrected chi connectivity index (χ2v) is 5.83. The number of fused-ring (bicyclic) bond motifs is 1. The molecule has 7 nitrogen and oxygen atoms in total. The van der Waals surface area contributed by atoms with Crippen LogP contribution in [0.2, 0.25) is 6.82 Å². The van der Waals surface area contributed by atoms with Crippen LogP contribution in [0.1, 0.15) is 0 Å². The van der Waals surface area contributed by atoms with Crippen molar-refractivity contribution in [1.29, 1.82) is 0 Å². The van der Waals surface area contributed by atoms with Gasteiger partial charge < -0.3 is 10.8 Å². The number of benzene rings is 2. The van der Waals surface area contributed by atoms with Crippen molar-refractivity contribution in [3.05, 3.63) is 55.0 Å². The minimum Gasteiger partial charge on any atom is -0.447 e. The molecule has 0 aliphatic heterocycles. The Balaban J connectivity index is 1.95. The average molecular weight is 330 g/mol. The molecule has 0 atom stereocenters. The standard InChI is InChI=1S/C17H15BN6O/c1-18(25)12-3-5-17(24-7-6-20-23-24)14(9-12)11-2-4-13-15(19)10-21-22-16(13)8-11/h2-10,25H,1H3,(H2,19,22). The van der Waals surface area contributed by atoms with Crippen LogP contribution in [0.5, 0.6) is 0 Å². The first kappa shape index (κ1) is 15.3. The number of hydrogen-bond donors (Lipinski definition) is 2. The SMILES string of the molecule is CB(O)c1ccc(-n2ccnn2)c(-c2ccc3c(N)cnnc3c2)c1. The highest BCUT2D eigenvalue weighted by Crippen LogP contribution is 2.29. The van der Waals surface area contributed by atoms with Crippen molar-refractivity contribution >= 4 is 29.0 Å². The third-order valence-corrected chi connectivity index (χ3v) is 4.15. The number of anilines is 1. The highest BCUT2D eigenvalue weighted by atomic mass is 16.2. The number of nitrogen functional groups attached to an aromatic ring is 1. The molecule has 122 valence electrons. The molecule has 2 aromatic heterocycles. The lowest BCUT2D eigenvalue weighted by Crippen LogP contribution is -2.26. The van der Waals surface area contributed by atoms with Crippen molar-refractivity contribution < 1.29 is 5.02 Å². The molecule has 0 spiro atoms. The van der Waals surface area contributed by atoms with E-state index in [4.69, 9.17) is 5.73 Å². The second-order valence-electron chi connectivity index (χ2n) is 5.83. The monoisotopic (exact) mass is 330 g/mol. The summed E-state index contributed by atoms with van der Waals surface area (Å²) in [4.78, 5) is 0. The van der Waals surface area contributed by atoms with Gasteiger partial charge in [0.05, 0.1) is 35.5 Å². The quantitative estimate of drug-likeness (QED) is 0.549. The third kappa shape index (κ3) is 2.72. The van der Waals surface area contributed by atoms with Crippen molar-refractivity contribution in [3.8, 4) is 16.8 Å². The molecular weight excluding hydrogens is 315 g/mol. The van der Waals surface area contributed by atoms with E-state index in [1.807, 2.05) is 36.4 Å². The van der Waals surface area contributed by atoms with Crippen molar-refractivity contribution in [1.82, 2.24) is 25.2 Å². The van der Waals surface area contributed by atoms with Gasteiger partial charge in [-0.25, -0.2) is 4.68 Å². The molecule has 0 aliphatic rings. The lowest BCUT2D eigenvalue weighted by atomic mass is 9.64. The summed E-state index contributed by atoms with van der Waals surface area (Å²) < 4.78 is 1.69. The summed E-state index contributed by atoms with van der Waals surface area (Å²) in [6.07, 6.45) is 4.94. The van der Waals surface area contributed by atoms with E-state index < -0.39 is 6.92 Å². The van der Waals surface area contributed by atoms with Crippen LogP contribution < -0.4 is 11.2 Å². The maximum atomic E-state index is 9.95. The molecule has 2 aromatic carbocycles. The zero-order valence-electron chi connectivity index (χ0n) is 13.5. The maximum Gasteiger partial charge on any atom is 0.320 e. The predicted molar refractivity (Wildman–Crippen MR) is 97.8 cm³/mol. The summed E-state index contributed by atoms with van der Waals surface area (Å²) in [5.74, 6) is 0. The highest BCUT2D eigenvalue weighted by Gasteiger charge is 2.14. The molecule has 0 amide bonds. The Morgan fingerprint density at radius 2 is 2.00 bits per heavy atom. The number of nitrogens with two attached hydrogens (primary N) is 1. The van der Waals surface area contributed by atoms with E-state index in [1.54, 1.807) is 23.9 Å². The van der Waals surface area contributed by atoms with Gasteiger partial charge in [-0.2, -0.15) is 10.2 Å². The lowest BCUT2D eigenvalue weighted by molar-refractivity contribution is 0.594. The summed E-state index contributed by atoms with van der Waals surface area (Å²) in [5.41, 5.74) is 10.8. The second kappa shape index (κ2) is 5.99. The first-order valence-electron chi connectivity index (χ1n) is 7.83. The Bertz CT molecular complexity index is 1050. The molecule has 0 saturated heterocycles. The minimum absolute atomic E-state index is 0.570. The minimum atomic E-state index is -0.570. The molecule has 0 bridgehead atoms. The summed E-state index contributed by atoms with van der Waals surface area (Å²) in [6.45, 7) is 1.17. The molecule has 8 heteroatoms. The Hall–Kier alpha value is -3.26. The van der Waals surface area contributed by atoms with Gasteiger partial charge in [-0.1, -0.05) is 30.2 Å². The molecule has 0 radical (unpaired) electrons. The van der Waals surface area contributed by atoms with Gasteiger partial charge in [-0.05, 0) is 29.2 Å². The number of nitrogens with zero attached hydrogens (tertiary/aromatic N) is 5. The van der Waals surface area contributed by atoms with Crippen LogP contribution in [0.4, 0.5) is 5.69 Å². The first-order chi connectivity index (χ1) is 12.1. The van der Waals surface area contributed by atoms with Crippen LogP contribution in [-0.2, 0) is 0 Å². The van der Waals surface area contributed by atoms with Crippen LogP contribution >= 0.6 is 0 Å². The van der Waals surface area contributed by atoms with Crippen LogP contribution in [0.3, 0.4) is 0 Å². The van der Waals surface area contributed by atoms with Crippen molar-refractivity contribution in [2.45, 2.75) is 6.82 Å². The van der Waals surface area contributed by atoms with E-state index in [-0.39, 0.29) is 0 Å². The molecule has 0 saturated carbocycles. The van der Waals surface area contributed by atoms with E-state index in [0.717, 1.165) is 27.7 Å². The zero-order chi connectivity index (χ0) is 17.4. The number of rotatable bonds is 3. The van der Waals surface area contributed by atoms with Crippen molar-refractivity contribution in [2.24, 2.45) is 0 Å². The molecule has 4 aromatic rings. The highest BCUT2D eigenvalue weighted by molar-refractivity contribution is 6.64. The molecule has 0 fully saturated rings. The van der Waals surface area contributed by atoms with Crippen molar-refractivity contribution in [2.75, 3.05) is 5.73 Å². The van der Waals surface area contributed by atoms with Gasteiger partial charge in [0.1, 0.15) is 0 Å². The fourth-order valence-electron chi connectivity index (χ4n) is 2.83. The molecule has 25 heavy (non-hydrogen) atoms. The average Bonchev–Trinajstić information content (AvgIpc) is 3.15. The van der Waals surface area contributed by atoms with Crippen LogP contribution in [0, 0.1) is 0 Å². The summed E-state index contributed by atoms with van der Waals surface area (Å²) in [5, 5.41) is 26.8. The van der Waals surface area contributed by atoms with E-state index >= 15 is 0 Å². The Morgan fingerprint density at radius 1 is 1.12 bits per heavy atom. The van der Waals surface area contributed by atoms with Gasteiger partial charge in [-0.3, -0.25) is 0 Å². The van der Waals surface area contributed by atoms with E-state index in [9.17, 15) is 5.02 Å². The van der Waals surface area contributed by atoms with Crippen LogP contribution in [0.25, 0.3) is 27.7 Å². The van der Waals surface area contributed by atoms with Gasteiger partial charge in [0, 0.05) is 10.9 Å². The Labute approximate surface area is 144 Å². The number of hydrogen-bond acceptors (Lipinski definition) is 6. The molecule has 2 heterocycles. The van der Waals surface area contributed by atoms with Gasteiger partial charge in [-0.15, -0.1) is 5.10 Å². The summed E-state index contributed by atoms with van der Waals surface area (Å²) in [6, 6.07) is 11.6. The van der Waals surface area contributed by atoms with E-state index in [0.29, 0.717) is 11.2 Å². The third-order valence-electron chi connectivity index (χ3n) is 4.15. The summed E-state index contributed by atoms with van der Waals surface area (Å²) in [7, 11) is 0. The topological polar surface area (TPSA) is 103 Å². The summed E-state index contributed by atoms with van der Waals surface area (Å²) >= 11 is 0. The van der Waals surface area contributed by atoms with Gasteiger partial charge in [0.2, 0.25) is 0 Å². The molecular formula is C17H15BN6O. The van der Waals surface area contributed by atoms with Crippen LogP contribution in [-0.4, -0.2) is 37.1 Å². The van der Waals surface area contributed by atoms with Crippen molar-refractivity contribution in [3.63, 3.8) is 0 Å². The molecule has 4 rings (SSSR count). The van der Waals surface area contributed by atoms with E-state index in [1.165, 1.54) is 6.20 Å². The Kier molecular flexibility index (Phi) is 3.66. The van der Waals surface area contributed by atoms with Gasteiger partial charge >= 0.3 is 6.92 Å². The predicted octanol–water partition coefficient (Wildman–Crippen LogP) is 1.28. The fourth-order valence-corrected chi connectivity index (χ4v) is 2.83. The van der Waals surface area contributed by atoms with Gasteiger partial charge in [0.15, 0.2) is 0 Å². The normalized spacial score (nSPS) is 11.0.